The number of methoxy groups -OCH3 is 1. The maximum atomic E-state index is 12.3. The Kier molecular flexibility index (Phi) is 6.36. The van der Waals surface area contributed by atoms with Crippen LogP contribution in [0.25, 0.3) is 0 Å². The van der Waals surface area contributed by atoms with Crippen LogP contribution in [0, 0.1) is 10.1 Å². The minimum absolute atomic E-state index is 0.0242. The number of nitrogens with zero attached hydrogens (tertiary/aromatic N) is 2. The van der Waals surface area contributed by atoms with Gasteiger partial charge in [-0.3, -0.25) is 19.8 Å². The zero-order valence-electron chi connectivity index (χ0n) is 17.7. The zero-order valence-corrected chi connectivity index (χ0v) is 17.7. The Morgan fingerprint density at radius 2 is 1.97 bits per heavy atom. The number of benzene rings is 2. The first kappa shape index (κ1) is 21.1. The van der Waals surface area contributed by atoms with Gasteiger partial charge in [0.25, 0.3) is 11.6 Å². The average Bonchev–Trinajstić information content (AvgIpc) is 3.43. The van der Waals surface area contributed by atoms with Crippen molar-refractivity contribution >= 4 is 17.3 Å². The lowest BCUT2D eigenvalue weighted by Gasteiger charge is -2.29. The van der Waals surface area contributed by atoms with E-state index in [1.165, 1.54) is 6.07 Å². The Morgan fingerprint density at radius 3 is 2.65 bits per heavy atom. The summed E-state index contributed by atoms with van der Waals surface area (Å²) in [6, 6.07) is 12.8. The highest BCUT2D eigenvalue weighted by molar-refractivity contribution is 5.96. The molecule has 1 atom stereocenters. The van der Waals surface area contributed by atoms with Gasteiger partial charge >= 0.3 is 0 Å². The van der Waals surface area contributed by atoms with Crippen LogP contribution in [0.2, 0.25) is 0 Å². The fourth-order valence-corrected chi connectivity index (χ4v) is 4.11. The molecule has 2 aromatic carbocycles. The van der Waals surface area contributed by atoms with Crippen molar-refractivity contribution in [2.45, 2.75) is 37.8 Å². The van der Waals surface area contributed by atoms with Crippen LogP contribution >= 0.6 is 0 Å². The number of nitrogens with one attached hydrogen (secondary N) is 2. The molecule has 1 amide bonds. The molecule has 1 unspecified atom stereocenters. The number of amides is 1. The van der Waals surface area contributed by atoms with E-state index in [1.54, 1.807) is 19.2 Å². The van der Waals surface area contributed by atoms with Gasteiger partial charge in [-0.2, -0.15) is 0 Å². The van der Waals surface area contributed by atoms with E-state index in [9.17, 15) is 14.9 Å². The number of carbonyl (C=O) groups excluding carboxylic acids is 1. The Hall–Kier alpha value is -3.13. The van der Waals surface area contributed by atoms with E-state index < -0.39 is 4.92 Å². The molecule has 0 aromatic heterocycles. The normalized spacial score (nSPS) is 17.2. The van der Waals surface area contributed by atoms with Crippen LogP contribution in [-0.2, 0) is 0 Å². The van der Waals surface area contributed by atoms with Crippen molar-refractivity contribution in [3.8, 4) is 5.75 Å². The van der Waals surface area contributed by atoms with Crippen molar-refractivity contribution in [1.29, 1.82) is 0 Å². The maximum absolute atomic E-state index is 12.3. The quantitative estimate of drug-likeness (QED) is 0.470. The largest absolute Gasteiger partial charge is 0.496 e. The minimum Gasteiger partial charge on any atom is -0.496 e. The second-order valence-electron chi connectivity index (χ2n) is 8.12. The van der Waals surface area contributed by atoms with Crippen LogP contribution in [-0.4, -0.2) is 48.5 Å². The van der Waals surface area contributed by atoms with Crippen molar-refractivity contribution in [2.75, 3.05) is 32.1 Å². The molecule has 2 aliphatic rings. The lowest BCUT2D eigenvalue weighted by atomic mass is 10.0. The highest BCUT2D eigenvalue weighted by Crippen LogP contribution is 2.33. The van der Waals surface area contributed by atoms with Gasteiger partial charge in [-0.05, 0) is 57.0 Å². The number of nitro groups is 1. The van der Waals surface area contributed by atoms with Crippen LogP contribution in [0.4, 0.5) is 11.4 Å². The number of nitro benzene ring substituents is 1. The number of likely N-dealkylation sites (tertiary alicyclic amines) is 1. The summed E-state index contributed by atoms with van der Waals surface area (Å²) in [4.78, 5) is 26.0. The number of anilines is 1. The van der Waals surface area contributed by atoms with Gasteiger partial charge < -0.3 is 15.4 Å². The lowest BCUT2D eigenvalue weighted by molar-refractivity contribution is -0.384. The van der Waals surface area contributed by atoms with E-state index in [2.05, 4.69) is 15.5 Å². The molecule has 2 aromatic rings. The fourth-order valence-electron chi connectivity index (χ4n) is 4.11. The van der Waals surface area contributed by atoms with E-state index >= 15 is 0 Å². The third-order valence-electron chi connectivity index (χ3n) is 5.93. The number of carbonyl (C=O) groups is 1. The molecule has 2 N–H and O–H groups in total. The molecule has 1 heterocycles. The van der Waals surface area contributed by atoms with E-state index in [0.717, 1.165) is 50.1 Å². The molecule has 1 aliphatic heterocycles. The summed E-state index contributed by atoms with van der Waals surface area (Å²) in [5, 5.41) is 17.9. The fraction of sp³-hybridized carbons (Fsp3) is 0.435. The first-order chi connectivity index (χ1) is 15.1. The molecule has 0 radical (unpaired) electrons. The Balaban J connectivity index is 1.56. The van der Waals surface area contributed by atoms with Crippen molar-refractivity contribution in [3.05, 3.63) is 63.7 Å². The Bertz CT molecular complexity index is 954. The third kappa shape index (κ3) is 4.96. The summed E-state index contributed by atoms with van der Waals surface area (Å²) in [6.45, 7) is 2.45. The molecule has 0 bridgehead atoms. The van der Waals surface area contributed by atoms with Gasteiger partial charge in [0.15, 0.2) is 0 Å². The van der Waals surface area contributed by atoms with Gasteiger partial charge in [-0.25, -0.2) is 0 Å². The zero-order chi connectivity index (χ0) is 21.8. The predicted molar refractivity (Wildman–Crippen MR) is 119 cm³/mol. The number of hydrogen-bond donors (Lipinski definition) is 2. The van der Waals surface area contributed by atoms with E-state index in [4.69, 9.17) is 4.74 Å². The standard InChI is InChI=1S/C23H28N4O4/c1-31-22-7-3-2-6-18(22)21(26-12-4-5-13-26)15-24-19-11-8-16(14-20(19)27(29)30)23(28)25-17-9-10-17/h2-3,6-8,11,14,17,21,24H,4-5,9-10,12-13,15H2,1H3,(H,25,28). The van der Waals surface area contributed by atoms with Gasteiger partial charge in [0.05, 0.1) is 18.1 Å². The van der Waals surface area contributed by atoms with Crippen LogP contribution < -0.4 is 15.4 Å². The lowest BCUT2D eigenvalue weighted by Crippen LogP contribution is -2.31. The summed E-state index contributed by atoms with van der Waals surface area (Å²) in [5.41, 5.74) is 1.68. The van der Waals surface area contributed by atoms with E-state index in [-0.39, 0.29) is 23.7 Å². The molecule has 8 heteroatoms. The van der Waals surface area contributed by atoms with Crippen LogP contribution in [0.5, 0.6) is 5.75 Å². The number of para-hydroxylation sites is 1. The van der Waals surface area contributed by atoms with Gasteiger partial charge in [0, 0.05) is 29.8 Å². The van der Waals surface area contributed by atoms with Crippen molar-refractivity contribution in [1.82, 2.24) is 10.2 Å². The summed E-state index contributed by atoms with van der Waals surface area (Å²) in [5.74, 6) is 0.545. The van der Waals surface area contributed by atoms with Crippen LogP contribution in [0.1, 0.15) is 47.6 Å². The smallest absolute Gasteiger partial charge is 0.293 e. The average molecular weight is 425 g/mol. The molecule has 2 fully saturated rings. The molecule has 1 saturated carbocycles. The summed E-state index contributed by atoms with van der Waals surface area (Å²) in [6.07, 6.45) is 4.20. The maximum Gasteiger partial charge on any atom is 0.293 e. The highest BCUT2D eigenvalue weighted by atomic mass is 16.6. The monoisotopic (exact) mass is 424 g/mol. The molecular weight excluding hydrogens is 396 g/mol. The van der Waals surface area contributed by atoms with Crippen LogP contribution in [0.3, 0.4) is 0 Å². The Labute approximate surface area is 181 Å². The van der Waals surface area contributed by atoms with Gasteiger partial charge in [0.2, 0.25) is 0 Å². The van der Waals surface area contributed by atoms with Crippen LogP contribution in [0.15, 0.2) is 42.5 Å². The molecule has 8 nitrogen and oxygen atoms in total. The SMILES string of the molecule is COc1ccccc1C(CNc1ccc(C(=O)NC2CC2)cc1[N+](=O)[O-])N1CCCC1. The molecule has 4 rings (SSSR count). The topological polar surface area (TPSA) is 96.7 Å². The first-order valence-electron chi connectivity index (χ1n) is 10.8. The van der Waals surface area contributed by atoms with E-state index in [0.29, 0.717) is 17.8 Å². The molecule has 164 valence electrons. The highest BCUT2D eigenvalue weighted by Gasteiger charge is 2.28. The van der Waals surface area contributed by atoms with Gasteiger partial charge in [-0.1, -0.05) is 18.2 Å². The summed E-state index contributed by atoms with van der Waals surface area (Å²) >= 11 is 0. The number of hydrogen-bond acceptors (Lipinski definition) is 6. The second-order valence-corrected chi connectivity index (χ2v) is 8.12. The summed E-state index contributed by atoms with van der Waals surface area (Å²) < 4.78 is 5.57. The number of rotatable bonds is 9. The minimum atomic E-state index is -0.440. The second kappa shape index (κ2) is 9.34. The first-order valence-corrected chi connectivity index (χ1v) is 10.8. The molecule has 1 saturated heterocycles. The van der Waals surface area contributed by atoms with Crippen molar-refractivity contribution in [3.63, 3.8) is 0 Å². The van der Waals surface area contributed by atoms with Gasteiger partial charge in [-0.15, -0.1) is 0 Å². The molecule has 31 heavy (non-hydrogen) atoms. The van der Waals surface area contributed by atoms with E-state index in [1.807, 2.05) is 24.3 Å². The third-order valence-corrected chi connectivity index (χ3v) is 5.93. The predicted octanol–water partition coefficient (Wildman–Crippen LogP) is 3.74. The molecular formula is C23H28N4O4. The number of ether oxygens (including phenoxy) is 1. The van der Waals surface area contributed by atoms with Crippen molar-refractivity contribution in [2.24, 2.45) is 0 Å². The summed E-state index contributed by atoms with van der Waals surface area (Å²) in [7, 11) is 1.66. The molecule has 0 spiro atoms. The molecule has 1 aliphatic carbocycles. The van der Waals surface area contributed by atoms with Crippen molar-refractivity contribution < 1.29 is 14.5 Å². The van der Waals surface area contributed by atoms with Gasteiger partial charge in [0.1, 0.15) is 11.4 Å². The Morgan fingerprint density at radius 1 is 1.23 bits per heavy atom.